The molecule has 3 heterocycles. The van der Waals surface area contributed by atoms with E-state index in [-0.39, 0.29) is 36.3 Å². The highest BCUT2D eigenvalue weighted by atomic mass is 35.5. The first kappa shape index (κ1) is 26.0. The van der Waals surface area contributed by atoms with Gasteiger partial charge in [0.15, 0.2) is 0 Å². The summed E-state index contributed by atoms with van der Waals surface area (Å²) < 4.78 is 57.8. The predicted molar refractivity (Wildman–Crippen MR) is 140 cm³/mol. The fourth-order valence-corrected chi connectivity index (χ4v) is 6.14. The SMILES string of the molecule is C[C@H]1c2nn(C3CC3)cc2N(Cc2ccccc2C(F)(F)F)C(=O)N1C1CCN(c2c(F)cccc2Cl)CC1. The zero-order valence-corrected chi connectivity index (χ0v) is 22.1. The normalized spacial score (nSPS) is 20.5. The van der Waals surface area contributed by atoms with Crippen molar-refractivity contribution in [3.8, 4) is 0 Å². The van der Waals surface area contributed by atoms with Gasteiger partial charge in [0, 0.05) is 25.3 Å². The third-order valence-electron chi connectivity index (χ3n) is 7.98. The third-order valence-corrected chi connectivity index (χ3v) is 8.28. The summed E-state index contributed by atoms with van der Waals surface area (Å²) in [6.45, 7) is 2.68. The molecule has 3 aromatic rings. The van der Waals surface area contributed by atoms with Crippen LogP contribution in [0.5, 0.6) is 0 Å². The molecule has 39 heavy (non-hydrogen) atoms. The molecule has 0 N–H and O–H groups in total. The smallest absolute Gasteiger partial charge is 0.368 e. The maximum absolute atomic E-state index is 14.5. The molecule has 0 unspecified atom stereocenters. The topological polar surface area (TPSA) is 44.6 Å². The Morgan fingerprint density at radius 2 is 1.72 bits per heavy atom. The highest BCUT2D eigenvalue weighted by Gasteiger charge is 2.44. The van der Waals surface area contributed by atoms with Gasteiger partial charge in [-0.15, -0.1) is 0 Å². The predicted octanol–water partition coefficient (Wildman–Crippen LogP) is 7.20. The Balaban J connectivity index is 1.31. The average Bonchev–Trinajstić information content (AvgIpc) is 3.65. The van der Waals surface area contributed by atoms with Crippen LogP contribution in [0.15, 0.2) is 48.7 Å². The highest BCUT2D eigenvalue weighted by molar-refractivity contribution is 6.33. The summed E-state index contributed by atoms with van der Waals surface area (Å²) in [5.74, 6) is -0.395. The summed E-state index contributed by atoms with van der Waals surface area (Å²) in [7, 11) is 0. The molecule has 1 saturated carbocycles. The summed E-state index contributed by atoms with van der Waals surface area (Å²) in [6, 6.07) is 9.32. The Morgan fingerprint density at radius 3 is 2.38 bits per heavy atom. The lowest BCUT2D eigenvalue weighted by Gasteiger charge is -2.46. The fourth-order valence-electron chi connectivity index (χ4n) is 5.86. The molecule has 0 bridgehead atoms. The molecular weight excluding hydrogens is 534 g/mol. The van der Waals surface area contributed by atoms with Crippen molar-refractivity contribution in [3.05, 3.63) is 76.3 Å². The number of piperidine rings is 1. The van der Waals surface area contributed by atoms with Crippen LogP contribution in [0.3, 0.4) is 0 Å². The number of carbonyl (C=O) groups is 1. The summed E-state index contributed by atoms with van der Waals surface area (Å²) >= 11 is 6.28. The number of nitrogens with zero attached hydrogens (tertiary/aromatic N) is 5. The van der Waals surface area contributed by atoms with Gasteiger partial charge in [-0.1, -0.05) is 35.9 Å². The van der Waals surface area contributed by atoms with Crippen LogP contribution in [-0.2, 0) is 12.7 Å². The molecule has 0 spiro atoms. The van der Waals surface area contributed by atoms with Crippen molar-refractivity contribution in [3.63, 3.8) is 0 Å². The van der Waals surface area contributed by atoms with Gasteiger partial charge in [-0.25, -0.2) is 9.18 Å². The van der Waals surface area contributed by atoms with Gasteiger partial charge in [-0.2, -0.15) is 18.3 Å². The molecule has 3 aliphatic rings. The molecule has 2 amide bonds. The molecule has 11 heteroatoms. The second-order valence-electron chi connectivity index (χ2n) is 10.5. The molecule has 206 valence electrons. The first-order valence-corrected chi connectivity index (χ1v) is 13.5. The van der Waals surface area contributed by atoms with Crippen LogP contribution in [0.2, 0.25) is 5.02 Å². The van der Waals surface area contributed by atoms with Gasteiger partial charge in [-0.3, -0.25) is 9.58 Å². The molecule has 6 nitrogen and oxygen atoms in total. The van der Waals surface area contributed by atoms with Crippen LogP contribution in [0.25, 0.3) is 0 Å². The summed E-state index contributed by atoms with van der Waals surface area (Å²) in [5.41, 5.74) is 0.872. The van der Waals surface area contributed by atoms with Crippen molar-refractivity contribution < 1.29 is 22.4 Å². The highest BCUT2D eigenvalue weighted by Crippen LogP contribution is 2.44. The monoisotopic (exact) mass is 561 g/mol. The summed E-state index contributed by atoms with van der Waals surface area (Å²) in [4.78, 5) is 19.1. The molecule has 2 aromatic carbocycles. The summed E-state index contributed by atoms with van der Waals surface area (Å²) in [6.07, 6.45) is 0.363. The van der Waals surface area contributed by atoms with E-state index >= 15 is 0 Å². The molecule has 1 saturated heterocycles. The van der Waals surface area contributed by atoms with Crippen molar-refractivity contribution in [2.24, 2.45) is 0 Å². The number of hydrogen-bond donors (Lipinski definition) is 0. The van der Waals surface area contributed by atoms with E-state index in [1.807, 2.05) is 16.5 Å². The van der Waals surface area contributed by atoms with Crippen molar-refractivity contribution in [1.29, 1.82) is 0 Å². The number of carbonyl (C=O) groups excluding carboxylic acids is 1. The number of amides is 2. The molecule has 1 atom stereocenters. The van der Waals surface area contributed by atoms with Crippen LogP contribution in [-0.4, -0.2) is 39.8 Å². The van der Waals surface area contributed by atoms with Gasteiger partial charge in [0.1, 0.15) is 11.5 Å². The number of fused-ring (bicyclic) bond motifs is 1. The van der Waals surface area contributed by atoms with E-state index < -0.39 is 17.6 Å². The Labute approximate surface area is 228 Å². The van der Waals surface area contributed by atoms with E-state index in [0.29, 0.717) is 48.0 Å². The van der Waals surface area contributed by atoms with Crippen molar-refractivity contribution in [2.45, 2.75) is 63.5 Å². The Morgan fingerprint density at radius 1 is 1.00 bits per heavy atom. The molecule has 0 radical (unpaired) electrons. The number of benzene rings is 2. The molecule has 6 rings (SSSR count). The number of para-hydroxylation sites is 1. The van der Waals surface area contributed by atoms with Crippen LogP contribution in [0, 0.1) is 5.82 Å². The molecule has 2 aliphatic heterocycles. The van der Waals surface area contributed by atoms with Gasteiger partial charge >= 0.3 is 12.2 Å². The fraction of sp³-hybridized carbons (Fsp3) is 0.429. The van der Waals surface area contributed by atoms with E-state index in [1.165, 1.54) is 23.1 Å². The van der Waals surface area contributed by atoms with Gasteiger partial charge < -0.3 is 9.80 Å². The minimum atomic E-state index is -4.54. The number of rotatable bonds is 5. The first-order valence-electron chi connectivity index (χ1n) is 13.2. The number of halogens is 5. The van der Waals surface area contributed by atoms with Crippen LogP contribution in [0.1, 0.15) is 61.5 Å². The van der Waals surface area contributed by atoms with Crippen LogP contribution in [0.4, 0.5) is 33.7 Å². The quantitative estimate of drug-likeness (QED) is 0.309. The molecule has 1 aliphatic carbocycles. The Kier molecular flexibility index (Phi) is 6.48. The van der Waals surface area contributed by atoms with Crippen LogP contribution >= 0.6 is 11.6 Å². The van der Waals surface area contributed by atoms with E-state index in [0.717, 1.165) is 18.9 Å². The molecule has 2 fully saturated rings. The standard InChI is InChI=1S/C28H28ClF4N5O/c1-17-25-24(16-37(34-25)19-9-10-19)36(15-18-5-2-3-6-21(18)28(31,32)33)27(39)38(17)20-11-13-35(14-12-20)26-22(29)7-4-8-23(26)30/h2-8,16-17,19-20H,9-15H2,1H3/t17-/m0/s1. The van der Waals surface area contributed by atoms with Crippen LogP contribution < -0.4 is 9.80 Å². The first-order chi connectivity index (χ1) is 18.6. The van der Waals surface area contributed by atoms with E-state index in [9.17, 15) is 22.4 Å². The summed E-state index contributed by atoms with van der Waals surface area (Å²) in [5, 5.41) is 5.14. The maximum atomic E-state index is 14.5. The van der Waals surface area contributed by atoms with Gasteiger partial charge in [-0.05, 0) is 56.4 Å². The number of anilines is 2. The second-order valence-corrected chi connectivity index (χ2v) is 10.9. The third kappa shape index (κ3) is 4.73. The Bertz CT molecular complexity index is 1380. The lowest BCUT2D eigenvalue weighted by molar-refractivity contribution is -0.138. The van der Waals surface area contributed by atoms with E-state index in [4.69, 9.17) is 16.7 Å². The molecule has 1 aromatic heterocycles. The number of urea groups is 1. The van der Waals surface area contributed by atoms with Crippen molar-refractivity contribution in [2.75, 3.05) is 22.9 Å². The lowest BCUT2D eigenvalue weighted by Crippen LogP contribution is -2.55. The van der Waals surface area contributed by atoms with Crippen molar-refractivity contribution >= 4 is 29.0 Å². The second kappa shape index (κ2) is 9.73. The van der Waals surface area contributed by atoms with Gasteiger partial charge in [0.25, 0.3) is 0 Å². The van der Waals surface area contributed by atoms with Gasteiger partial charge in [0.05, 0.1) is 40.6 Å². The largest absolute Gasteiger partial charge is 0.416 e. The van der Waals surface area contributed by atoms with E-state index in [2.05, 4.69) is 0 Å². The molecular formula is C28H28ClF4N5O. The minimum Gasteiger partial charge on any atom is -0.368 e. The minimum absolute atomic E-state index is 0.0296. The van der Waals surface area contributed by atoms with Crippen molar-refractivity contribution in [1.82, 2.24) is 14.7 Å². The average molecular weight is 562 g/mol. The van der Waals surface area contributed by atoms with E-state index in [1.54, 1.807) is 29.3 Å². The zero-order chi connectivity index (χ0) is 27.5. The number of alkyl halides is 3. The Hall–Kier alpha value is -3.27. The van der Waals surface area contributed by atoms with Gasteiger partial charge in [0.2, 0.25) is 0 Å². The zero-order valence-electron chi connectivity index (χ0n) is 21.3. The lowest BCUT2D eigenvalue weighted by atomic mass is 9.97. The number of aromatic nitrogens is 2. The number of hydrogen-bond acceptors (Lipinski definition) is 3. The maximum Gasteiger partial charge on any atom is 0.416 e.